The van der Waals surface area contributed by atoms with Gasteiger partial charge in [-0.1, -0.05) is 23.8 Å². The molecule has 0 fully saturated rings. The molecule has 0 saturated carbocycles. The number of rotatable bonds is 3. The molecular weight excluding hydrogens is 204 g/mol. The Morgan fingerprint density at radius 2 is 1.81 bits per heavy atom. The van der Waals surface area contributed by atoms with Crippen molar-refractivity contribution in [2.75, 3.05) is 0 Å². The fourth-order valence-corrected chi connectivity index (χ4v) is 1.57. The predicted molar refractivity (Wildman–Crippen MR) is 61.1 cm³/mol. The monoisotopic (exact) mass is 220 g/mol. The first-order chi connectivity index (χ1) is 7.41. The highest BCUT2D eigenvalue weighted by Gasteiger charge is 2.21. The molecule has 0 spiro atoms. The number of Topliss-reactive ketones (excluding diaryl/α,β-unsaturated/α-hetero) is 1. The Hall–Kier alpha value is -1.64. The zero-order valence-electron chi connectivity index (χ0n) is 10.0. The molecule has 0 bridgehead atoms. The number of esters is 1. The van der Waals surface area contributed by atoms with Crippen molar-refractivity contribution in [3.8, 4) is 0 Å². The number of carbonyl (C=O) groups is 2. The second-order valence-corrected chi connectivity index (χ2v) is 3.96. The molecule has 1 unspecified atom stereocenters. The van der Waals surface area contributed by atoms with Gasteiger partial charge in [0.25, 0.3) is 0 Å². The molecule has 0 aliphatic rings. The van der Waals surface area contributed by atoms with Crippen LogP contribution in [-0.4, -0.2) is 11.8 Å². The molecule has 0 aliphatic heterocycles. The quantitative estimate of drug-likeness (QED) is 0.735. The molecule has 0 amide bonds. The van der Waals surface area contributed by atoms with Crippen molar-refractivity contribution in [2.45, 2.75) is 33.8 Å². The van der Waals surface area contributed by atoms with Gasteiger partial charge in [0.05, 0.1) is 0 Å². The summed E-state index contributed by atoms with van der Waals surface area (Å²) >= 11 is 0. The lowest BCUT2D eigenvalue weighted by atomic mass is 9.98. The summed E-state index contributed by atoms with van der Waals surface area (Å²) in [6, 6.07) is 5.76. The highest BCUT2D eigenvalue weighted by Crippen LogP contribution is 2.23. The van der Waals surface area contributed by atoms with E-state index in [9.17, 15) is 9.59 Å². The number of ether oxygens (including phenoxy) is 1. The molecule has 16 heavy (non-hydrogen) atoms. The van der Waals surface area contributed by atoms with Crippen LogP contribution in [0.15, 0.2) is 18.2 Å². The Bertz CT molecular complexity index is 421. The number of aryl methyl sites for hydroxylation is 2. The van der Waals surface area contributed by atoms with Gasteiger partial charge >= 0.3 is 5.97 Å². The molecule has 1 atom stereocenters. The summed E-state index contributed by atoms with van der Waals surface area (Å²) in [4.78, 5) is 22.4. The first-order valence-corrected chi connectivity index (χ1v) is 5.16. The van der Waals surface area contributed by atoms with Crippen LogP contribution < -0.4 is 0 Å². The normalized spacial score (nSPS) is 12.0. The minimum Gasteiger partial charge on any atom is -0.450 e. The third-order valence-corrected chi connectivity index (χ3v) is 2.37. The number of hydrogen-bond donors (Lipinski definition) is 0. The van der Waals surface area contributed by atoms with Gasteiger partial charge in [0.1, 0.15) is 0 Å². The molecule has 3 nitrogen and oxygen atoms in total. The smallest absolute Gasteiger partial charge is 0.303 e. The number of benzene rings is 1. The largest absolute Gasteiger partial charge is 0.450 e. The summed E-state index contributed by atoms with van der Waals surface area (Å²) < 4.78 is 5.05. The fraction of sp³-hybridized carbons (Fsp3) is 0.385. The minimum atomic E-state index is -0.780. The van der Waals surface area contributed by atoms with Gasteiger partial charge in [-0.3, -0.25) is 9.59 Å². The van der Waals surface area contributed by atoms with Crippen molar-refractivity contribution in [1.82, 2.24) is 0 Å². The second kappa shape index (κ2) is 4.92. The molecule has 0 heterocycles. The van der Waals surface area contributed by atoms with E-state index in [1.54, 1.807) is 0 Å². The summed E-state index contributed by atoms with van der Waals surface area (Å²) in [5, 5.41) is 0. The summed E-state index contributed by atoms with van der Waals surface area (Å²) in [6.07, 6.45) is -0.780. The van der Waals surface area contributed by atoms with Crippen molar-refractivity contribution in [3.63, 3.8) is 0 Å². The van der Waals surface area contributed by atoms with Gasteiger partial charge < -0.3 is 4.74 Å². The van der Waals surface area contributed by atoms with E-state index >= 15 is 0 Å². The zero-order valence-corrected chi connectivity index (χ0v) is 10.0. The van der Waals surface area contributed by atoms with Crippen LogP contribution in [0, 0.1) is 13.8 Å². The van der Waals surface area contributed by atoms with Crippen molar-refractivity contribution in [2.24, 2.45) is 0 Å². The maximum absolute atomic E-state index is 11.5. The van der Waals surface area contributed by atoms with E-state index in [2.05, 4.69) is 0 Å². The third kappa shape index (κ3) is 2.92. The molecule has 86 valence electrons. The van der Waals surface area contributed by atoms with Gasteiger partial charge in [-0.05, 0) is 26.3 Å². The highest BCUT2D eigenvalue weighted by atomic mass is 16.5. The molecular formula is C13H16O3. The van der Waals surface area contributed by atoms with Gasteiger partial charge in [-0.25, -0.2) is 0 Å². The van der Waals surface area contributed by atoms with Crippen LogP contribution in [-0.2, 0) is 14.3 Å². The molecule has 1 rings (SSSR count). The Kier molecular flexibility index (Phi) is 3.82. The lowest BCUT2D eigenvalue weighted by Gasteiger charge is -2.17. The van der Waals surface area contributed by atoms with Crippen LogP contribution in [0.1, 0.15) is 36.6 Å². The average molecular weight is 220 g/mol. The minimum absolute atomic E-state index is 0.163. The van der Waals surface area contributed by atoms with Gasteiger partial charge in [0.15, 0.2) is 11.9 Å². The summed E-state index contributed by atoms with van der Waals surface area (Å²) in [7, 11) is 0. The Morgan fingerprint density at radius 3 is 2.31 bits per heavy atom. The summed E-state index contributed by atoms with van der Waals surface area (Å²) in [5.41, 5.74) is 2.76. The molecule has 0 radical (unpaired) electrons. The second-order valence-electron chi connectivity index (χ2n) is 3.96. The molecule has 0 aromatic heterocycles. The van der Waals surface area contributed by atoms with Crippen molar-refractivity contribution in [3.05, 3.63) is 34.9 Å². The SMILES string of the molecule is CC(=O)OC(C(C)=O)c1cc(C)ccc1C. The molecule has 0 aliphatic carbocycles. The average Bonchev–Trinajstić information content (AvgIpc) is 2.18. The summed E-state index contributed by atoms with van der Waals surface area (Å²) in [6.45, 7) is 6.57. The third-order valence-electron chi connectivity index (χ3n) is 2.37. The standard InChI is InChI=1S/C13H16O3/c1-8-5-6-9(2)12(7-8)13(10(3)14)16-11(4)15/h5-7,13H,1-4H3. The highest BCUT2D eigenvalue weighted by molar-refractivity contribution is 5.84. The maximum Gasteiger partial charge on any atom is 0.303 e. The topological polar surface area (TPSA) is 43.4 Å². The van der Waals surface area contributed by atoms with Crippen LogP contribution >= 0.6 is 0 Å². The van der Waals surface area contributed by atoms with Crippen molar-refractivity contribution in [1.29, 1.82) is 0 Å². The first kappa shape index (κ1) is 12.4. The summed E-state index contributed by atoms with van der Waals surface area (Å²) in [5.74, 6) is -0.606. The van der Waals surface area contributed by atoms with Crippen molar-refractivity contribution >= 4 is 11.8 Å². The number of carbonyl (C=O) groups excluding carboxylic acids is 2. The van der Waals surface area contributed by atoms with Gasteiger partial charge in [0, 0.05) is 12.5 Å². The van der Waals surface area contributed by atoms with E-state index in [1.165, 1.54) is 13.8 Å². The molecule has 0 N–H and O–H groups in total. The van der Waals surface area contributed by atoms with Crippen LogP contribution in [0.5, 0.6) is 0 Å². The van der Waals surface area contributed by atoms with Crippen LogP contribution in [0.25, 0.3) is 0 Å². The van der Waals surface area contributed by atoms with E-state index in [0.29, 0.717) is 0 Å². The predicted octanol–water partition coefficient (Wildman–Crippen LogP) is 2.50. The van der Waals surface area contributed by atoms with Gasteiger partial charge in [0.2, 0.25) is 0 Å². The Labute approximate surface area is 95.4 Å². The Balaban J connectivity index is 3.14. The molecule has 1 aromatic rings. The van der Waals surface area contributed by atoms with E-state index in [4.69, 9.17) is 4.74 Å². The van der Waals surface area contributed by atoms with E-state index in [0.717, 1.165) is 16.7 Å². The maximum atomic E-state index is 11.5. The zero-order chi connectivity index (χ0) is 12.3. The molecule has 0 saturated heterocycles. The van der Waals surface area contributed by atoms with Crippen molar-refractivity contribution < 1.29 is 14.3 Å². The van der Waals surface area contributed by atoms with Crippen LogP contribution in [0.4, 0.5) is 0 Å². The molecule has 1 aromatic carbocycles. The van der Waals surface area contributed by atoms with E-state index in [-0.39, 0.29) is 5.78 Å². The lowest BCUT2D eigenvalue weighted by Crippen LogP contribution is -2.17. The first-order valence-electron chi connectivity index (χ1n) is 5.16. The fourth-order valence-electron chi connectivity index (χ4n) is 1.57. The number of hydrogen-bond acceptors (Lipinski definition) is 3. The lowest BCUT2D eigenvalue weighted by molar-refractivity contribution is -0.152. The van der Waals surface area contributed by atoms with Gasteiger partial charge in [-0.15, -0.1) is 0 Å². The number of ketones is 1. The Morgan fingerprint density at radius 1 is 1.19 bits per heavy atom. The van der Waals surface area contributed by atoms with E-state index < -0.39 is 12.1 Å². The van der Waals surface area contributed by atoms with E-state index in [1.807, 2.05) is 32.0 Å². The molecule has 3 heteroatoms. The van der Waals surface area contributed by atoms with Gasteiger partial charge in [-0.2, -0.15) is 0 Å². The van der Waals surface area contributed by atoms with Crippen LogP contribution in [0.3, 0.4) is 0 Å². The van der Waals surface area contributed by atoms with Crippen LogP contribution in [0.2, 0.25) is 0 Å².